The van der Waals surface area contributed by atoms with Gasteiger partial charge in [-0.3, -0.25) is 0 Å². The first-order valence-electron chi connectivity index (χ1n) is 8.62. The van der Waals surface area contributed by atoms with Crippen molar-refractivity contribution in [2.75, 3.05) is 27.3 Å². The number of nitrogens with zero attached hydrogens (tertiary/aromatic N) is 3. The summed E-state index contributed by atoms with van der Waals surface area (Å²) in [5.74, 6) is 0.698. The molecule has 0 bridgehead atoms. The van der Waals surface area contributed by atoms with E-state index >= 15 is 0 Å². The van der Waals surface area contributed by atoms with Crippen LogP contribution in [0.5, 0.6) is 17.6 Å². The molecule has 0 saturated carbocycles. The van der Waals surface area contributed by atoms with Crippen molar-refractivity contribution in [3.63, 3.8) is 0 Å². The average Bonchev–Trinajstić information content (AvgIpc) is 2.68. The van der Waals surface area contributed by atoms with E-state index in [2.05, 4.69) is 9.97 Å². The molecule has 0 radical (unpaired) electrons. The molecule has 3 rings (SSSR count). The summed E-state index contributed by atoms with van der Waals surface area (Å²) in [6, 6.07) is 6.96. The maximum atomic E-state index is 13.2. The van der Waals surface area contributed by atoms with Crippen molar-refractivity contribution in [2.24, 2.45) is 0 Å². The van der Waals surface area contributed by atoms with Crippen LogP contribution in [0.3, 0.4) is 0 Å². The molecule has 1 atom stereocenters. The van der Waals surface area contributed by atoms with Crippen LogP contribution in [-0.4, -0.2) is 56.1 Å². The summed E-state index contributed by atoms with van der Waals surface area (Å²) in [5, 5.41) is 0. The average molecular weight is 393 g/mol. The van der Waals surface area contributed by atoms with Gasteiger partial charge in [0.2, 0.25) is 15.9 Å². The SMILES string of the molecule is COc1nccc(OC2CCCN(S(=O)(=O)c3cc(C)ccc3OC)C2)n1. The smallest absolute Gasteiger partial charge is 0.319 e. The summed E-state index contributed by atoms with van der Waals surface area (Å²) in [4.78, 5) is 8.24. The second-order valence-electron chi connectivity index (χ2n) is 6.28. The summed E-state index contributed by atoms with van der Waals surface area (Å²) in [6.45, 7) is 2.53. The fourth-order valence-electron chi connectivity index (χ4n) is 3.00. The monoisotopic (exact) mass is 393 g/mol. The Bertz CT molecular complexity index is 904. The highest BCUT2D eigenvalue weighted by Crippen LogP contribution is 2.30. The van der Waals surface area contributed by atoms with Gasteiger partial charge in [0.15, 0.2) is 0 Å². The zero-order valence-electron chi connectivity index (χ0n) is 15.6. The van der Waals surface area contributed by atoms with Crippen LogP contribution >= 0.6 is 0 Å². The van der Waals surface area contributed by atoms with Crippen molar-refractivity contribution in [1.29, 1.82) is 0 Å². The number of ether oxygens (including phenoxy) is 3. The highest BCUT2D eigenvalue weighted by molar-refractivity contribution is 7.89. The van der Waals surface area contributed by atoms with Gasteiger partial charge in [0.25, 0.3) is 0 Å². The number of methoxy groups -OCH3 is 2. The summed E-state index contributed by atoms with van der Waals surface area (Å²) in [6.07, 6.45) is 2.67. The molecule has 2 aromatic rings. The molecule has 1 aliphatic rings. The molecule has 1 saturated heterocycles. The van der Waals surface area contributed by atoms with E-state index in [0.29, 0.717) is 24.6 Å². The molecule has 1 fully saturated rings. The third-order valence-corrected chi connectivity index (χ3v) is 6.24. The first kappa shape index (κ1) is 19.4. The van der Waals surface area contributed by atoms with Crippen molar-refractivity contribution in [3.8, 4) is 17.6 Å². The molecule has 27 heavy (non-hydrogen) atoms. The van der Waals surface area contributed by atoms with Crippen LogP contribution in [0.15, 0.2) is 35.4 Å². The van der Waals surface area contributed by atoms with Gasteiger partial charge in [-0.1, -0.05) is 6.07 Å². The third kappa shape index (κ3) is 4.30. The van der Waals surface area contributed by atoms with E-state index in [4.69, 9.17) is 14.2 Å². The van der Waals surface area contributed by atoms with Gasteiger partial charge < -0.3 is 14.2 Å². The number of hydrogen-bond acceptors (Lipinski definition) is 7. The van der Waals surface area contributed by atoms with Crippen LogP contribution in [0.1, 0.15) is 18.4 Å². The number of aromatic nitrogens is 2. The summed E-state index contributed by atoms with van der Waals surface area (Å²) in [5.41, 5.74) is 0.854. The molecule has 1 unspecified atom stereocenters. The van der Waals surface area contributed by atoms with Crippen molar-refractivity contribution in [3.05, 3.63) is 36.0 Å². The molecule has 0 spiro atoms. The molecular weight excluding hydrogens is 370 g/mol. The van der Waals surface area contributed by atoms with Crippen molar-refractivity contribution in [2.45, 2.75) is 30.8 Å². The van der Waals surface area contributed by atoms with E-state index in [-0.39, 0.29) is 23.6 Å². The minimum absolute atomic E-state index is 0.175. The Morgan fingerprint density at radius 2 is 2.00 bits per heavy atom. The van der Waals surface area contributed by atoms with Crippen LogP contribution in [-0.2, 0) is 10.0 Å². The van der Waals surface area contributed by atoms with Crippen molar-refractivity contribution >= 4 is 10.0 Å². The number of benzene rings is 1. The molecule has 8 nitrogen and oxygen atoms in total. The molecule has 1 aromatic carbocycles. The quantitative estimate of drug-likeness (QED) is 0.742. The summed E-state index contributed by atoms with van der Waals surface area (Å²) < 4.78 is 43.9. The number of hydrogen-bond donors (Lipinski definition) is 0. The molecule has 2 heterocycles. The topological polar surface area (TPSA) is 90.9 Å². The van der Waals surface area contributed by atoms with Crippen LogP contribution in [0.25, 0.3) is 0 Å². The predicted molar refractivity (Wildman–Crippen MR) is 98.7 cm³/mol. The molecule has 9 heteroatoms. The van der Waals surface area contributed by atoms with E-state index in [0.717, 1.165) is 12.0 Å². The first-order valence-corrected chi connectivity index (χ1v) is 10.1. The van der Waals surface area contributed by atoms with Gasteiger partial charge in [-0.15, -0.1) is 0 Å². The Morgan fingerprint density at radius 3 is 2.74 bits per heavy atom. The Kier molecular flexibility index (Phi) is 5.81. The van der Waals surface area contributed by atoms with Gasteiger partial charge in [-0.2, -0.15) is 9.29 Å². The zero-order valence-corrected chi connectivity index (χ0v) is 16.4. The molecule has 0 amide bonds. The van der Waals surface area contributed by atoms with E-state index in [1.807, 2.05) is 13.0 Å². The van der Waals surface area contributed by atoms with Gasteiger partial charge in [0, 0.05) is 18.8 Å². The molecule has 0 N–H and O–H groups in total. The lowest BCUT2D eigenvalue weighted by Gasteiger charge is -2.32. The second-order valence-corrected chi connectivity index (χ2v) is 8.19. The van der Waals surface area contributed by atoms with Crippen molar-refractivity contribution < 1.29 is 22.6 Å². The van der Waals surface area contributed by atoms with Gasteiger partial charge >= 0.3 is 6.01 Å². The van der Waals surface area contributed by atoms with E-state index in [1.165, 1.54) is 24.7 Å². The Labute approximate surface area is 159 Å². The van der Waals surface area contributed by atoms with Gasteiger partial charge in [-0.25, -0.2) is 13.4 Å². The van der Waals surface area contributed by atoms with E-state index < -0.39 is 10.0 Å². The summed E-state index contributed by atoms with van der Waals surface area (Å²) >= 11 is 0. The maximum absolute atomic E-state index is 13.2. The zero-order chi connectivity index (χ0) is 19.4. The number of rotatable bonds is 6. The van der Waals surface area contributed by atoms with Crippen molar-refractivity contribution in [1.82, 2.24) is 14.3 Å². The van der Waals surface area contributed by atoms with Crippen LogP contribution in [0.4, 0.5) is 0 Å². The van der Waals surface area contributed by atoms with E-state index in [9.17, 15) is 8.42 Å². The van der Waals surface area contributed by atoms with Gasteiger partial charge in [0.05, 0.1) is 20.8 Å². The highest BCUT2D eigenvalue weighted by Gasteiger charge is 2.33. The number of aryl methyl sites for hydroxylation is 1. The van der Waals surface area contributed by atoms with E-state index in [1.54, 1.807) is 18.2 Å². The third-order valence-electron chi connectivity index (χ3n) is 4.36. The second kappa shape index (κ2) is 8.10. The molecule has 146 valence electrons. The van der Waals surface area contributed by atoms with Gasteiger partial charge in [-0.05, 0) is 37.5 Å². The Hall–Kier alpha value is -2.39. The van der Waals surface area contributed by atoms with Gasteiger partial charge in [0.1, 0.15) is 16.7 Å². The fraction of sp³-hybridized carbons (Fsp3) is 0.444. The molecule has 1 aromatic heterocycles. The highest BCUT2D eigenvalue weighted by atomic mass is 32.2. The molecular formula is C18H23N3O5S. The maximum Gasteiger partial charge on any atom is 0.319 e. The van der Waals surface area contributed by atoms with Crippen LogP contribution < -0.4 is 14.2 Å². The molecule has 1 aliphatic heterocycles. The Morgan fingerprint density at radius 1 is 1.19 bits per heavy atom. The summed E-state index contributed by atoms with van der Waals surface area (Å²) in [7, 11) is -0.752. The number of sulfonamides is 1. The largest absolute Gasteiger partial charge is 0.495 e. The first-order chi connectivity index (χ1) is 12.9. The Balaban J connectivity index is 1.80. The normalized spacial score (nSPS) is 18.1. The predicted octanol–water partition coefficient (Wildman–Crippen LogP) is 2.03. The fourth-order valence-corrected chi connectivity index (χ4v) is 4.75. The molecule has 0 aliphatic carbocycles. The lowest BCUT2D eigenvalue weighted by Crippen LogP contribution is -2.44. The lowest BCUT2D eigenvalue weighted by molar-refractivity contribution is 0.123. The minimum Gasteiger partial charge on any atom is -0.495 e. The van der Waals surface area contributed by atoms with Crippen LogP contribution in [0.2, 0.25) is 0 Å². The number of piperidine rings is 1. The standard InChI is InChI=1S/C18H23N3O5S/c1-13-6-7-15(24-2)16(11-13)27(22,23)21-10-4-5-14(12-21)26-17-8-9-19-18(20-17)25-3/h6-9,11,14H,4-5,10,12H2,1-3H3. The lowest BCUT2D eigenvalue weighted by atomic mass is 10.1. The minimum atomic E-state index is -3.69. The van der Waals surface area contributed by atoms with Crippen LogP contribution in [0, 0.1) is 6.92 Å².